The zero-order valence-electron chi connectivity index (χ0n) is 15.0. The van der Waals surface area contributed by atoms with Gasteiger partial charge in [0.05, 0.1) is 31.6 Å². The zero-order valence-corrected chi connectivity index (χ0v) is 15.0. The molecule has 0 radical (unpaired) electrons. The highest BCUT2D eigenvalue weighted by atomic mass is 16.5. The fraction of sp³-hybridized carbons (Fsp3) is 0.579. The topological polar surface area (TPSA) is 63.7 Å². The van der Waals surface area contributed by atoms with E-state index in [4.69, 9.17) is 9.15 Å². The average Bonchev–Trinajstić information content (AvgIpc) is 3.34. The molecule has 2 saturated heterocycles. The maximum Gasteiger partial charge on any atom is 0.257 e. The number of aromatic nitrogens is 2. The molecule has 1 atom stereocenters. The molecule has 2 aromatic rings. The van der Waals surface area contributed by atoms with Gasteiger partial charge in [0.25, 0.3) is 5.91 Å². The largest absolute Gasteiger partial charge is 0.467 e. The quantitative estimate of drug-likeness (QED) is 0.816. The number of carbonyl (C=O) groups excluding carboxylic acids is 1. The van der Waals surface area contributed by atoms with E-state index in [1.54, 1.807) is 12.5 Å². The molecule has 140 valence electrons. The summed E-state index contributed by atoms with van der Waals surface area (Å²) in [5.41, 5.74) is 0.663. The van der Waals surface area contributed by atoms with Gasteiger partial charge in [0.15, 0.2) is 0 Å². The lowest BCUT2D eigenvalue weighted by molar-refractivity contribution is 0.0313. The molecule has 7 heteroatoms. The van der Waals surface area contributed by atoms with Gasteiger partial charge in [0.2, 0.25) is 0 Å². The maximum absolute atomic E-state index is 12.9. The van der Waals surface area contributed by atoms with E-state index in [1.807, 2.05) is 23.5 Å². The van der Waals surface area contributed by atoms with Gasteiger partial charge in [-0.25, -0.2) is 4.98 Å². The summed E-state index contributed by atoms with van der Waals surface area (Å²) in [5, 5.41) is 0. The van der Waals surface area contributed by atoms with Gasteiger partial charge >= 0.3 is 0 Å². The van der Waals surface area contributed by atoms with Crippen LogP contribution >= 0.6 is 0 Å². The van der Waals surface area contributed by atoms with Gasteiger partial charge in [0, 0.05) is 45.1 Å². The van der Waals surface area contributed by atoms with Gasteiger partial charge < -0.3 is 18.6 Å². The van der Waals surface area contributed by atoms with Crippen LogP contribution in [0.5, 0.6) is 0 Å². The lowest BCUT2D eigenvalue weighted by Crippen LogP contribution is -2.40. The Morgan fingerprint density at radius 2 is 2.15 bits per heavy atom. The minimum Gasteiger partial charge on any atom is -0.467 e. The van der Waals surface area contributed by atoms with Crippen molar-refractivity contribution in [2.45, 2.75) is 25.9 Å². The number of nitrogens with zero attached hydrogens (tertiary/aromatic N) is 4. The predicted molar refractivity (Wildman–Crippen MR) is 95.7 cm³/mol. The molecule has 1 amide bonds. The van der Waals surface area contributed by atoms with Crippen LogP contribution in [0.25, 0.3) is 0 Å². The second-order valence-corrected chi connectivity index (χ2v) is 7.21. The Balaban J connectivity index is 1.34. The van der Waals surface area contributed by atoms with Crippen LogP contribution in [0.15, 0.2) is 35.5 Å². The van der Waals surface area contributed by atoms with Crippen molar-refractivity contribution in [1.29, 1.82) is 0 Å². The third kappa shape index (κ3) is 4.16. The van der Waals surface area contributed by atoms with Gasteiger partial charge in [0.1, 0.15) is 12.0 Å². The average molecular weight is 358 g/mol. The van der Waals surface area contributed by atoms with Crippen LogP contribution < -0.4 is 0 Å². The summed E-state index contributed by atoms with van der Waals surface area (Å²) in [6.07, 6.45) is 9.42. The molecule has 0 aromatic carbocycles. The third-order valence-electron chi connectivity index (χ3n) is 5.22. The molecule has 2 aromatic heterocycles. The van der Waals surface area contributed by atoms with Gasteiger partial charge in [-0.05, 0) is 24.8 Å². The molecule has 26 heavy (non-hydrogen) atoms. The number of carbonyl (C=O) groups is 1. The first-order chi connectivity index (χ1) is 12.8. The lowest BCUT2D eigenvalue weighted by atomic mass is 9.97. The monoisotopic (exact) mass is 358 g/mol. The van der Waals surface area contributed by atoms with Gasteiger partial charge in [-0.15, -0.1) is 0 Å². The SMILES string of the molecule is O=C(c1coc(CN2CCOCC2)c1)N1CCC[C@@H](Cn2ccnc2)C1. The van der Waals surface area contributed by atoms with Crippen LogP contribution in [-0.4, -0.2) is 64.7 Å². The molecule has 4 heterocycles. The Bertz CT molecular complexity index is 706. The fourth-order valence-electron chi connectivity index (χ4n) is 3.83. The Hall–Kier alpha value is -2.12. The summed E-state index contributed by atoms with van der Waals surface area (Å²) in [7, 11) is 0. The molecule has 2 fully saturated rings. The number of piperidine rings is 1. The molecule has 0 unspecified atom stereocenters. The van der Waals surface area contributed by atoms with Gasteiger partial charge in [-0.2, -0.15) is 0 Å². The Labute approximate surface area is 153 Å². The van der Waals surface area contributed by atoms with Crippen LogP contribution in [0.3, 0.4) is 0 Å². The highest BCUT2D eigenvalue weighted by Gasteiger charge is 2.26. The minimum atomic E-state index is 0.0808. The number of morpholine rings is 1. The van der Waals surface area contributed by atoms with Crippen molar-refractivity contribution >= 4 is 5.91 Å². The van der Waals surface area contributed by atoms with Crippen LogP contribution in [0.4, 0.5) is 0 Å². The predicted octanol–water partition coefficient (Wildman–Crippen LogP) is 1.86. The van der Waals surface area contributed by atoms with Crippen LogP contribution in [0.2, 0.25) is 0 Å². The Kier molecular flexibility index (Phi) is 5.36. The standard InChI is InChI=1S/C19H26N4O3/c24-19(17-10-18(26-14-17)13-21-6-8-25-9-7-21)23-4-1-2-16(12-23)11-22-5-3-20-15-22/h3,5,10,14-16H,1-2,4,6-9,11-13H2/t16-/m0/s1. The number of amides is 1. The van der Waals surface area contributed by atoms with Crippen molar-refractivity contribution in [3.05, 3.63) is 42.4 Å². The molecule has 0 aliphatic carbocycles. The fourth-order valence-corrected chi connectivity index (χ4v) is 3.83. The normalized spacial score (nSPS) is 21.8. The van der Waals surface area contributed by atoms with E-state index in [9.17, 15) is 4.79 Å². The lowest BCUT2D eigenvalue weighted by Gasteiger charge is -2.32. The van der Waals surface area contributed by atoms with E-state index >= 15 is 0 Å². The summed E-state index contributed by atoms with van der Waals surface area (Å²) in [6, 6.07) is 1.90. The minimum absolute atomic E-state index is 0.0808. The number of imidazole rings is 1. The van der Waals surface area contributed by atoms with Gasteiger partial charge in [-0.1, -0.05) is 0 Å². The molecule has 0 bridgehead atoms. The van der Waals surface area contributed by atoms with Crippen molar-refractivity contribution in [2.75, 3.05) is 39.4 Å². The maximum atomic E-state index is 12.9. The van der Waals surface area contributed by atoms with E-state index in [2.05, 4.69) is 14.5 Å². The summed E-state index contributed by atoms with van der Waals surface area (Å²) < 4.78 is 13.1. The number of hydrogen-bond donors (Lipinski definition) is 0. The van der Waals surface area contributed by atoms with Crippen molar-refractivity contribution in [3.8, 4) is 0 Å². The van der Waals surface area contributed by atoms with E-state index in [0.717, 1.165) is 71.1 Å². The first-order valence-corrected chi connectivity index (χ1v) is 9.40. The van der Waals surface area contributed by atoms with Gasteiger partial charge in [-0.3, -0.25) is 9.69 Å². The number of hydrogen-bond acceptors (Lipinski definition) is 5. The Morgan fingerprint density at radius 3 is 2.96 bits per heavy atom. The molecule has 4 rings (SSSR count). The van der Waals surface area contributed by atoms with Crippen molar-refractivity contribution in [1.82, 2.24) is 19.4 Å². The Morgan fingerprint density at radius 1 is 1.27 bits per heavy atom. The molecule has 0 saturated carbocycles. The van der Waals surface area contributed by atoms with Crippen molar-refractivity contribution in [2.24, 2.45) is 5.92 Å². The van der Waals surface area contributed by atoms with E-state index < -0.39 is 0 Å². The smallest absolute Gasteiger partial charge is 0.257 e. The summed E-state index contributed by atoms with van der Waals surface area (Å²) >= 11 is 0. The third-order valence-corrected chi connectivity index (χ3v) is 5.22. The molecule has 0 N–H and O–H groups in total. The highest BCUT2D eigenvalue weighted by molar-refractivity contribution is 5.94. The highest BCUT2D eigenvalue weighted by Crippen LogP contribution is 2.21. The zero-order chi connectivity index (χ0) is 17.8. The second kappa shape index (κ2) is 8.05. The van der Waals surface area contributed by atoms with E-state index in [0.29, 0.717) is 11.5 Å². The summed E-state index contributed by atoms with van der Waals surface area (Å²) in [5.74, 6) is 1.40. The number of furan rings is 1. The van der Waals surface area contributed by atoms with E-state index in [-0.39, 0.29) is 5.91 Å². The number of ether oxygens (including phenoxy) is 1. The van der Waals surface area contributed by atoms with Crippen molar-refractivity contribution < 1.29 is 13.9 Å². The van der Waals surface area contributed by atoms with Crippen LogP contribution in [-0.2, 0) is 17.8 Å². The van der Waals surface area contributed by atoms with Crippen molar-refractivity contribution in [3.63, 3.8) is 0 Å². The first-order valence-electron chi connectivity index (χ1n) is 9.40. The summed E-state index contributed by atoms with van der Waals surface area (Å²) in [4.78, 5) is 21.2. The molecule has 0 spiro atoms. The first kappa shape index (κ1) is 17.3. The number of rotatable bonds is 5. The molecule has 7 nitrogen and oxygen atoms in total. The van der Waals surface area contributed by atoms with E-state index in [1.165, 1.54) is 0 Å². The molecule has 2 aliphatic heterocycles. The summed E-state index contributed by atoms with van der Waals surface area (Å²) in [6.45, 7) is 6.61. The second-order valence-electron chi connectivity index (χ2n) is 7.21. The van der Waals surface area contributed by atoms with Crippen LogP contribution in [0.1, 0.15) is 29.0 Å². The molecular formula is C19H26N4O3. The molecule has 2 aliphatic rings. The number of likely N-dealkylation sites (tertiary alicyclic amines) is 1. The molecular weight excluding hydrogens is 332 g/mol. The van der Waals surface area contributed by atoms with Crippen LogP contribution in [0, 0.1) is 5.92 Å².